The highest BCUT2D eigenvalue weighted by Gasteiger charge is 2.51. The molecule has 4 aliphatic rings. The summed E-state index contributed by atoms with van der Waals surface area (Å²) in [4.78, 5) is 28.9. The number of nitrogens with one attached hydrogen (secondary N) is 1. The highest BCUT2D eigenvalue weighted by atomic mass is 35.5. The highest BCUT2D eigenvalue weighted by molar-refractivity contribution is 7.92. The number of hydrogen-bond acceptors (Lipinski definition) is 4. The molecular formula is C34H46ClN3O4S. The molecule has 0 saturated heterocycles. The molecule has 0 heterocycles. The predicted octanol–water partition coefficient (Wildman–Crippen LogP) is 6.30. The van der Waals surface area contributed by atoms with Gasteiger partial charge in [0.25, 0.3) is 0 Å². The molecule has 0 aromatic heterocycles. The molecule has 4 saturated carbocycles. The summed E-state index contributed by atoms with van der Waals surface area (Å²) in [5, 5.41) is 3.46. The largest absolute Gasteiger partial charge is 0.350 e. The number of benzene rings is 2. The summed E-state index contributed by atoms with van der Waals surface area (Å²) in [5.41, 5.74) is 2.13. The predicted molar refractivity (Wildman–Crippen MR) is 172 cm³/mol. The summed E-state index contributed by atoms with van der Waals surface area (Å²) in [6.45, 7) is 7.16. The quantitative estimate of drug-likeness (QED) is 0.335. The minimum absolute atomic E-state index is 0.0805. The fourth-order valence-electron chi connectivity index (χ4n) is 8.24. The maximum Gasteiger partial charge on any atom is 0.244 e. The van der Waals surface area contributed by atoms with Gasteiger partial charge in [0.05, 0.1) is 11.9 Å². The van der Waals surface area contributed by atoms with Crippen LogP contribution in [0.25, 0.3) is 0 Å². The van der Waals surface area contributed by atoms with Gasteiger partial charge in [-0.15, -0.1) is 0 Å². The Kier molecular flexibility index (Phi) is 8.94. The third-order valence-corrected chi connectivity index (χ3v) is 11.2. The normalized spacial score (nSPS) is 25.3. The van der Waals surface area contributed by atoms with Crippen LogP contribution in [0, 0.1) is 17.8 Å². The molecular weight excluding hydrogens is 582 g/mol. The van der Waals surface area contributed by atoms with E-state index in [0.717, 1.165) is 28.3 Å². The average Bonchev–Trinajstić information content (AvgIpc) is 2.90. The van der Waals surface area contributed by atoms with E-state index < -0.39 is 34.1 Å². The summed E-state index contributed by atoms with van der Waals surface area (Å²) in [7, 11) is -3.81. The van der Waals surface area contributed by atoms with Gasteiger partial charge < -0.3 is 10.2 Å². The molecule has 7 nitrogen and oxygen atoms in total. The molecule has 9 heteroatoms. The molecule has 1 atom stereocenters. The fourth-order valence-corrected chi connectivity index (χ4v) is 9.29. The van der Waals surface area contributed by atoms with E-state index in [1.807, 2.05) is 52.0 Å². The topological polar surface area (TPSA) is 86.8 Å². The lowest BCUT2D eigenvalue weighted by Gasteiger charge is -2.57. The molecule has 0 radical (unpaired) electrons. The van der Waals surface area contributed by atoms with Crippen molar-refractivity contribution in [2.75, 3.05) is 17.1 Å². The first-order valence-electron chi connectivity index (χ1n) is 15.6. The Labute approximate surface area is 262 Å². The van der Waals surface area contributed by atoms with Gasteiger partial charge in [-0.1, -0.05) is 48.9 Å². The van der Waals surface area contributed by atoms with Crippen molar-refractivity contribution in [2.24, 2.45) is 17.8 Å². The van der Waals surface area contributed by atoms with E-state index in [-0.39, 0.29) is 17.9 Å². The van der Waals surface area contributed by atoms with Crippen LogP contribution in [0.5, 0.6) is 0 Å². The second-order valence-electron chi connectivity index (χ2n) is 14.3. The van der Waals surface area contributed by atoms with Crippen molar-refractivity contribution >= 4 is 39.1 Å². The Balaban J connectivity index is 1.42. The molecule has 4 aliphatic carbocycles. The smallest absolute Gasteiger partial charge is 0.244 e. The average molecular weight is 628 g/mol. The van der Waals surface area contributed by atoms with Crippen LogP contribution >= 0.6 is 11.6 Å². The Morgan fingerprint density at radius 2 is 1.53 bits per heavy atom. The Bertz CT molecular complexity index is 1420. The van der Waals surface area contributed by atoms with E-state index in [1.54, 1.807) is 12.1 Å². The molecule has 2 amide bonds. The Hall–Kier alpha value is -2.58. The zero-order valence-electron chi connectivity index (χ0n) is 26.1. The summed E-state index contributed by atoms with van der Waals surface area (Å²) in [6.07, 6.45) is 9.22. The van der Waals surface area contributed by atoms with Crippen LogP contribution in [-0.4, -0.2) is 49.5 Å². The first-order valence-corrected chi connectivity index (χ1v) is 17.8. The molecule has 4 bridgehead atoms. The van der Waals surface area contributed by atoms with Crippen LogP contribution in [0.2, 0.25) is 5.02 Å². The minimum atomic E-state index is -3.81. The van der Waals surface area contributed by atoms with Crippen molar-refractivity contribution in [1.82, 2.24) is 10.2 Å². The van der Waals surface area contributed by atoms with Crippen molar-refractivity contribution in [3.8, 4) is 0 Å². The van der Waals surface area contributed by atoms with Gasteiger partial charge in [-0.25, -0.2) is 8.42 Å². The van der Waals surface area contributed by atoms with Crippen LogP contribution in [0.4, 0.5) is 5.69 Å². The summed E-state index contributed by atoms with van der Waals surface area (Å²) in [6, 6.07) is 14.3. The van der Waals surface area contributed by atoms with Crippen LogP contribution in [0.1, 0.15) is 83.8 Å². The van der Waals surface area contributed by atoms with Crippen LogP contribution < -0.4 is 9.62 Å². The number of hydrogen-bond donors (Lipinski definition) is 1. The first-order chi connectivity index (χ1) is 20.2. The van der Waals surface area contributed by atoms with Gasteiger partial charge in [-0.3, -0.25) is 13.9 Å². The van der Waals surface area contributed by atoms with E-state index in [1.165, 1.54) is 49.0 Å². The van der Waals surface area contributed by atoms with Gasteiger partial charge in [-0.05, 0) is 118 Å². The van der Waals surface area contributed by atoms with Gasteiger partial charge in [0, 0.05) is 17.1 Å². The number of amides is 2. The molecule has 0 aliphatic heterocycles. The van der Waals surface area contributed by atoms with Crippen molar-refractivity contribution in [1.29, 1.82) is 0 Å². The number of sulfonamides is 1. The lowest BCUT2D eigenvalue weighted by molar-refractivity contribution is -0.141. The van der Waals surface area contributed by atoms with Crippen molar-refractivity contribution in [3.05, 3.63) is 64.7 Å². The van der Waals surface area contributed by atoms with E-state index in [9.17, 15) is 18.0 Å². The molecule has 0 unspecified atom stereocenters. The molecule has 6 rings (SSSR count). The lowest BCUT2D eigenvalue weighted by Crippen LogP contribution is -2.55. The Morgan fingerprint density at radius 1 is 0.977 bits per heavy atom. The van der Waals surface area contributed by atoms with Gasteiger partial charge in [0.2, 0.25) is 21.8 Å². The SMILES string of the molecule is CC[C@H](C(=O)NC(C)(C)C)N(Cc1ccccc1Cl)C(=O)CN(c1ccc(C23CC4CC(CC(C4)C2)C3)cc1)S(C)(=O)=O. The van der Waals surface area contributed by atoms with E-state index in [2.05, 4.69) is 17.4 Å². The summed E-state index contributed by atoms with van der Waals surface area (Å²) in [5.74, 6) is 1.67. The molecule has 0 spiro atoms. The van der Waals surface area contributed by atoms with E-state index >= 15 is 0 Å². The fraction of sp³-hybridized carbons (Fsp3) is 0.588. The lowest BCUT2D eigenvalue weighted by atomic mass is 9.48. The monoisotopic (exact) mass is 627 g/mol. The Morgan fingerprint density at radius 3 is 2.02 bits per heavy atom. The number of carbonyl (C=O) groups is 2. The maximum absolute atomic E-state index is 14.1. The third-order valence-electron chi connectivity index (χ3n) is 9.67. The molecule has 1 N–H and O–H groups in total. The van der Waals surface area contributed by atoms with Gasteiger partial charge in [0.15, 0.2) is 0 Å². The molecule has 4 fully saturated rings. The first kappa shape index (κ1) is 31.8. The number of anilines is 1. The number of rotatable bonds is 10. The number of halogens is 1. The summed E-state index contributed by atoms with van der Waals surface area (Å²) >= 11 is 6.46. The zero-order chi connectivity index (χ0) is 31.2. The van der Waals surface area contributed by atoms with Crippen molar-refractivity contribution in [2.45, 2.75) is 96.2 Å². The summed E-state index contributed by atoms with van der Waals surface area (Å²) < 4.78 is 27.4. The van der Waals surface area contributed by atoms with Crippen LogP contribution in [0.15, 0.2) is 48.5 Å². The van der Waals surface area contributed by atoms with Crippen LogP contribution in [0.3, 0.4) is 0 Å². The molecule has 43 heavy (non-hydrogen) atoms. The van der Waals surface area contributed by atoms with E-state index in [4.69, 9.17) is 11.6 Å². The van der Waals surface area contributed by atoms with Gasteiger partial charge in [-0.2, -0.15) is 0 Å². The number of nitrogens with zero attached hydrogens (tertiary/aromatic N) is 2. The zero-order valence-corrected chi connectivity index (χ0v) is 27.7. The van der Waals surface area contributed by atoms with Crippen LogP contribution in [-0.2, 0) is 31.6 Å². The van der Waals surface area contributed by atoms with Crippen molar-refractivity contribution < 1.29 is 18.0 Å². The standard InChI is InChI=1S/C34H46ClN3O4S/c1-6-30(32(40)36-33(2,3)4)37(21-26-9-7-8-10-29(26)35)31(39)22-38(43(5,41)42)28-13-11-27(12-14-28)34-18-23-15-24(19-34)17-25(16-23)20-34/h7-14,23-25,30H,6,15-22H2,1-5H3,(H,36,40)/t23?,24?,25?,30-,34?/m1/s1. The highest BCUT2D eigenvalue weighted by Crippen LogP contribution is 2.60. The second-order valence-corrected chi connectivity index (χ2v) is 16.6. The van der Waals surface area contributed by atoms with Crippen molar-refractivity contribution in [3.63, 3.8) is 0 Å². The van der Waals surface area contributed by atoms with Gasteiger partial charge in [0.1, 0.15) is 12.6 Å². The molecule has 2 aromatic carbocycles. The van der Waals surface area contributed by atoms with E-state index in [0.29, 0.717) is 22.7 Å². The minimum Gasteiger partial charge on any atom is -0.350 e. The maximum atomic E-state index is 14.1. The number of carbonyl (C=O) groups excluding carboxylic acids is 2. The molecule has 2 aromatic rings. The molecule has 234 valence electrons. The second kappa shape index (κ2) is 12.1. The third kappa shape index (κ3) is 7.06. The van der Waals surface area contributed by atoms with Gasteiger partial charge >= 0.3 is 0 Å².